The van der Waals surface area contributed by atoms with Crippen LogP contribution in [0, 0.1) is 0 Å². The SMILES string of the molecule is O=C1C=Cc2ccc(cc2)OCCOCCOCCOCCOc2ccc(cc2)/C=C\C(=O)OCCOCCOCCOCCO1. The van der Waals surface area contributed by atoms with Crippen molar-refractivity contribution in [2.24, 2.45) is 0 Å². The maximum Gasteiger partial charge on any atom is 0.330 e. The van der Waals surface area contributed by atoms with Crippen LogP contribution in [-0.2, 0) is 47.5 Å². The summed E-state index contributed by atoms with van der Waals surface area (Å²) in [5.41, 5.74) is 1.67. The third kappa shape index (κ3) is 18.3. The van der Waals surface area contributed by atoms with E-state index in [-0.39, 0.29) is 26.4 Å². The van der Waals surface area contributed by atoms with Gasteiger partial charge in [-0.1, -0.05) is 24.3 Å². The number of carbonyl (C=O) groups excluding carboxylic acids is 2. The molecule has 0 N–H and O–H groups in total. The van der Waals surface area contributed by atoms with E-state index >= 15 is 0 Å². The average Bonchev–Trinajstić information content (AvgIpc) is 3.07. The predicted octanol–water partition coefficient (Wildman–Crippen LogP) is 3.37. The van der Waals surface area contributed by atoms with Gasteiger partial charge in [0, 0.05) is 12.2 Å². The Morgan fingerprint density at radius 1 is 0.304 bits per heavy atom. The summed E-state index contributed by atoms with van der Waals surface area (Å²) in [7, 11) is 0. The van der Waals surface area contributed by atoms with Gasteiger partial charge >= 0.3 is 11.9 Å². The molecule has 12 nitrogen and oxygen atoms in total. The van der Waals surface area contributed by atoms with Crippen LogP contribution < -0.4 is 9.47 Å². The van der Waals surface area contributed by atoms with E-state index in [2.05, 4.69) is 0 Å². The number of esters is 2. The van der Waals surface area contributed by atoms with Crippen LogP contribution in [0.2, 0.25) is 0 Å². The van der Waals surface area contributed by atoms with Gasteiger partial charge < -0.3 is 47.4 Å². The molecule has 5 rings (SSSR count). The fraction of sp³-hybridized carbons (Fsp3) is 0.471. The second-order valence-corrected chi connectivity index (χ2v) is 9.51. The molecule has 12 heteroatoms. The number of carbonyl (C=O) groups is 2. The maximum atomic E-state index is 11.9. The van der Waals surface area contributed by atoms with Gasteiger partial charge in [-0.25, -0.2) is 9.59 Å². The molecule has 0 amide bonds. The molecular weight excluding hydrogens is 600 g/mol. The Hall–Kier alpha value is -3.78. The van der Waals surface area contributed by atoms with Crippen LogP contribution in [0.25, 0.3) is 12.2 Å². The molecule has 3 aliphatic rings. The Balaban J connectivity index is 1.35. The molecule has 3 aliphatic heterocycles. The number of fused-ring (bicyclic) bond motifs is 2. The highest BCUT2D eigenvalue weighted by atomic mass is 16.6. The van der Waals surface area contributed by atoms with E-state index in [4.69, 9.17) is 47.4 Å². The fourth-order valence-electron chi connectivity index (χ4n) is 3.70. The fourth-order valence-corrected chi connectivity index (χ4v) is 3.70. The Morgan fingerprint density at radius 2 is 0.565 bits per heavy atom. The zero-order valence-electron chi connectivity index (χ0n) is 26.1. The van der Waals surface area contributed by atoms with Crippen LogP contribution in [0.1, 0.15) is 11.1 Å². The highest BCUT2D eigenvalue weighted by Crippen LogP contribution is 2.14. The van der Waals surface area contributed by atoms with Crippen LogP contribution in [-0.4, -0.2) is 118 Å². The van der Waals surface area contributed by atoms with Gasteiger partial charge in [0.2, 0.25) is 0 Å². The third-order valence-corrected chi connectivity index (χ3v) is 6.01. The largest absolute Gasteiger partial charge is 0.491 e. The van der Waals surface area contributed by atoms with Gasteiger partial charge in [-0.2, -0.15) is 0 Å². The van der Waals surface area contributed by atoms with Crippen LogP contribution in [0.15, 0.2) is 60.7 Å². The van der Waals surface area contributed by atoms with E-state index in [1.165, 1.54) is 12.2 Å². The maximum absolute atomic E-state index is 11.9. The van der Waals surface area contributed by atoms with Gasteiger partial charge in [-0.15, -0.1) is 0 Å². The molecular formula is C34H44O12. The first kappa shape index (κ1) is 36.7. The summed E-state index contributed by atoms with van der Waals surface area (Å²) in [6.45, 7) is 5.75. The van der Waals surface area contributed by atoms with Crippen molar-refractivity contribution in [1.29, 1.82) is 0 Å². The molecule has 2 aromatic carbocycles. The third-order valence-electron chi connectivity index (χ3n) is 6.01. The van der Waals surface area contributed by atoms with Gasteiger partial charge in [0.15, 0.2) is 0 Å². The molecule has 0 aliphatic carbocycles. The van der Waals surface area contributed by atoms with E-state index < -0.39 is 11.9 Å². The summed E-state index contributed by atoms with van der Waals surface area (Å²) in [6.07, 6.45) is 6.07. The number of rotatable bonds is 0. The first-order chi connectivity index (χ1) is 22.7. The standard InChI is InChI=1S/C34H44O12/c35-33-11-5-29-1-7-31(8-2-29)43-25-21-39-17-13-37-14-18-40-22-26-44-32-9-3-30(4-10-32)6-12-34(36)46-28-24-42-20-16-38-15-19-41-23-27-45-33/h1-12H,13-28H2/b11-5-,12-6?. The number of ether oxygens (including phenoxy) is 10. The summed E-state index contributed by atoms with van der Waals surface area (Å²) in [4.78, 5) is 23.9. The van der Waals surface area contributed by atoms with Crippen molar-refractivity contribution in [2.45, 2.75) is 0 Å². The van der Waals surface area contributed by atoms with Crippen molar-refractivity contribution in [2.75, 3.05) is 106 Å². The first-order valence-corrected chi connectivity index (χ1v) is 15.3. The lowest BCUT2D eigenvalue weighted by atomic mass is 10.2. The Labute approximate surface area is 270 Å². The monoisotopic (exact) mass is 644 g/mol. The van der Waals surface area contributed by atoms with Gasteiger partial charge in [0.05, 0.1) is 79.3 Å². The molecule has 0 aromatic heterocycles. The van der Waals surface area contributed by atoms with E-state index in [1.54, 1.807) is 12.2 Å². The van der Waals surface area contributed by atoms with Crippen LogP contribution in [0.4, 0.5) is 0 Å². The van der Waals surface area contributed by atoms with E-state index in [0.29, 0.717) is 90.8 Å². The average molecular weight is 645 g/mol. The van der Waals surface area contributed by atoms with E-state index in [0.717, 1.165) is 11.1 Å². The highest BCUT2D eigenvalue weighted by Gasteiger charge is 2.01. The lowest BCUT2D eigenvalue weighted by molar-refractivity contribution is -0.140. The highest BCUT2D eigenvalue weighted by molar-refractivity contribution is 5.87. The second-order valence-electron chi connectivity index (χ2n) is 9.51. The number of hydrogen-bond acceptors (Lipinski definition) is 12. The summed E-state index contributed by atoms with van der Waals surface area (Å²) in [5, 5.41) is 0. The van der Waals surface area contributed by atoms with Crippen molar-refractivity contribution < 1.29 is 57.0 Å². The van der Waals surface area contributed by atoms with Crippen molar-refractivity contribution in [3.63, 3.8) is 0 Å². The second kappa shape index (κ2) is 24.5. The van der Waals surface area contributed by atoms with Crippen molar-refractivity contribution in [1.82, 2.24) is 0 Å². The molecule has 0 saturated heterocycles. The molecule has 0 fully saturated rings. The molecule has 46 heavy (non-hydrogen) atoms. The molecule has 2 aromatic rings. The molecule has 0 radical (unpaired) electrons. The van der Waals surface area contributed by atoms with Crippen molar-refractivity contribution >= 4 is 24.1 Å². The van der Waals surface area contributed by atoms with Gasteiger partial charge in [0.25, 0.3) is 0 Å². The minimum atomic E-state index is -0.457. The summed E-state index contributed by atoms with van der Waals surface area (Å²) < 4.78 is 54.5. The molecule has 0 unspecified atom stereocenters. The predicted molar refractivity (Wildman–Crippen MR) is 169 cm³/mol. The van der Waals surface area contributed by atoms with E-state index in [9.17, 15) is 9.59 Å². The van der Waals surface area contributed by atoms with Crippen LogP contribution in [0.5, 0.6) is 11.5 Å². The molecule has 3 heterocycles. The number of hydrogen-bond donors (Lipinski definition) is 0. The van der Waals surface area contributed by atoms with Gasteiger partial charge in [0.1, 0.15) is 37.9 Å². The summed E-state index contributed by atoms with van der Waals surface area (Å²) in [5.74, 6) is 0.495. The Kier molecular flexibility index (Phi) is 19.5. The molecule has 0 saturated carbocycles. The van der Waals surface area contributed by atoms with Gasteiger partial charge in [-0.05, 0) is 47.5 Å². The molecule has 0 atom stereocenters. The zero-order chi connectivity index (χ0) is 32.3. The minimum Gasteiger partial charge on any atom is -0.491 e. The lowest BCUT2D eigenvalue weighted by Gasteiger charge is -2.09. The zero-order valence-corrected chi connectivity index (χ0v) is 26.1. The summed E-state index contributed by atoms with van der Waals surface area (Å²) >= 11 is 0. The molecule has 252 valence electrons. The van der Waals surface area contributed by atoms with E-state index in [1.807, 2.05) is 48.5 Å². The lowest BCUT2D eigenvalue weighted by Crippen LogP contribution is -2.14. The number of benzene rings is 2. The Morgan fingerprint density at radius 3 is 0.870 bits per heavy atom. The molecule has 4 bridgehead atoms. The van der Waals surface area contributed by atoms with Crippen LogP contribution >= 0.6 is 0 Å². The Bertz CT molecular complexity index is 1060. The van der Waals surface area contributed by atoms with Crippen LogP contribution in [0.3, 0.4) is 0 Å². The molecule has 0 spiro atoms. The normalized spacial score (nSPS) is 19.6. The topological polar surface area (TPSA) is 126 Å². The van der Waals surface area contributed by atoms with Crippen molar-refractivity contribution in [3.05, 3.63) is 71.8 Å². The quantitative estimate of drug-likeness (QED) is 0.391. The summed E-state index contributed by atoms with van der Waals surface area (Å²) in [6, 6.07) is 14.7. The minimum absolute atomic E-state index is 0.136. The van der Waals surface area contributed by atoms with Gasteiger partial charge in [-0.3, -0.25) is 0 Å². The first-order valence-electron chi connectivity index (χ1n) is 15.3. The smallest absolute Gasteiger partial charge is 0.330 e. The van der Waals surface area contributed by atoms with Crippen molar-refractivity contribution in [3.8, 4) is 11.5 Å².